The summed E-state index contributed by atoms with van der Waals surface area (Å²) < 4.78 is 36.3. The molecule has 0 aliphatic rings. The summed E-state index contributed by atoms with van der Waals surface area (Å²) in [5.41, 5.74) is 2.29. The van der Waals surface area contributed by atoms with Crippen molar-refractivity contribution in [3.8, 4) is 0 Å². The van der Waals surface area contributed by atoms with E-state index < -0.39 is 12.6 Å². The molecule has 0 heterocycles. The highest BCUT2D eigenvalue weighted by Crippen LogP contribution is 2.26. The molecule has 1 rings (SSSR count). The van der Waals surface area contributed by atoms with Crippen LogP contribution in [0.4, 0.5) is 13.2 Å². The highest BCUT2D eigenvalue weighted by Gasteiger charge is 2.26. The van der Waals surface area contributed by atoms with E-state index in [2.05, 4.69) is 12.2 Å². The molecular weight excluding hydrogens is 239 g/mol. The first-order valence-electron chi connectivity index (χ1n) is 6.29. The van der Waals surface area contributed by atoms with Crippen molar-refractivity contribution in [3.63, 3.8) is 0 Å². The second-order valence-electron chi connectivity index (χ2n) is 4.44. The van der Waals surface area contributed by atoms with E-state index in [1.165, 1.54) is 5.56 Å². The first-order chi connectivity index (χ1) is 8.46. The maximum absolute atomic E-state index is 12.1. The topological polar surface area (TPSA) is 12.0 Å². The van der Waals surface area contributed by atoms with Crippen LogP contribution in [-0.4, -0.2) is 13.2 Å². The molecule has 0 bridgehead atoms. The fraction of sp³-hybridized carbons (Fsp3) is 0.571. The Balaban J connectivity index is 2.54. The van der Waals surface area contributed by atoms with Crippen molar-refractivity contribution in [3.05, 3.63) is 35.4 Å². The normalized spacial score (nSPS) is 13.6. The van der Waals surface area contributed by atoms with Crippen LogP contribution >= 0.6 is 0 Å². The number of nitrogens with one attached hydrogen (secondary N) is 1. The van der Waals surface area contributed by atoms with Gasteiger partial charge in [-0.1, -0.05) is 31.2 Å². The Labute approximate surface area is 106 Å². The molecule has 0 radical (unpaired) electrons. The van der Waals surface area contributed by atoms with Crippen molar-refractivity contribution in [2.45, 2.75) is 44.8 Å². The van der Waals surface area contributed by atoms with Gasteiger partial charge in [-0.05, 0) is 37.4 Å². The van der Waals surface area contributed by atoms with Gasteiger partial charge in [0.05, 0.1) is 0 Å². The van der Waals surface area contributed by atoms with Crippen molar-refractivity contribution in [2.24, 2.45) is 0 Å². The molecule has 102 valence electrons. The number of aryl methyl sites for hydroxylation is 1. The van der Waals surface area contributed by atoms with Crippen LogP contribution in [0.3, 0.4) is 0 Å². The minimum atomic E-state index is -4.05. The second-order valence-corrected chi connectivity index (χ2v) is 4.44. The molecule has 0 aliphatic carbocycles. The fourth-order valence-corrected chi connectivity index (χ4v) is 1.97. The summed E-state index contributed by atoms with van der Waals surface area (Å²) in [5, 5.41) is 3.07. The highest BCUT2D eigenvalue weighted by atomic mass is 19.4. The van der Waals surface area contributed by atoms with Crippen LogP contribution < -0.4 is 5.32 Å². The summed E-state index contributed by atoms with van der Waals surface area (Å²) in [6, 6.07) is 8.05. The molecule has 0 saturated carbocycles. The summed E-state index contributed by atoms with van der Waals surface area (Å²) in [6.45, 7) is 2.08. The third kappa shape index (κ3) is 5.08. The maximum atomic E-state index is 12.1. The molecule has 0 amide bonds. The predicted molar refractivity (Wildman–Crippen MR) is 67.5 cm³/mol. The SMILES string of the molecule is CCc1ccc(C(CCCC(F)(F)F)NC)cc1. The van der Waals surface area contributed by atoms with Crippen LogP contribution in [0.25, 0.3) is 0 Å². The number of rotatable bonds is 6. The Hall–Kier alpha value is -1.03. The molecule has 1 nitrogen and oxygen atoms in total. The van der Waals surface area contributed by atoms with Gasteiger partial charge in [0.15, 0.2) is 0 Å². The summed E-state index contributed by atoms with van der Waals surface area (Å²) in [5.74, 6) is 0. The number of hydrogen-bond acceptors (Lipinski definition) is 1. The van der Waals surface area contributed by atoms with E-state index in [0.29, 0.717) is 6.42 Å². The van der Waals surface area contributed by atoms with E-state index in [-0.39, 0.29) is 12.5 Å². The van der Waals surface area contributed by atoms with Gasteiger partial charge in [-0.25, -0.2) is 0 Å². The Morgan fingerprint density at radius 1 is 1.17 bits per heavy atom. The summed E-state index contributed by atoms with van der Waals surface area (Å²) in [6.07, 6.45) is -3.13. The lowest BCUT2D eigenvalue weighted by Gasteiger charge is -2.17. The number of hydrogen-bond donors (Lipinski definition) is 1. The van der Waals surface area contributed by atoms with Crippen LogP contribution in [0.5, 0.6) is 0 Å². The molecule has 1 atom stereocenters. The van der Waals surface area contributed by atoms with Gasteiger partial charge in [0, 0.05) is 12.5 Å². The first-order valence-corrected chi connectivity index (χ1v) is 6.29. The first kappa shape index (κ1) is 15.0. The summed E-state index contributed by atoms with van der Waals surface area (Å²) >= 11 is 0. The Morgan fingerprint density at radius 3 is 2.22 bits per heavy atom. The summed E-state index contributed by atoms with van der Waals surface area (Å²) in [7, 11) is 1.78. The van der Waals surface area contributed by atoms with Gasteiger partial charge in [-0.3, -0.25) is 0 Å². The minimum Gasteiger partial charge on any atom is -0.313 e. The molecular formula is C14H20F3N. The van der Waals surface area contributed by atoms with Gasteiger partial charge in [0.25, 0.3) is 0 Å². The zero-order valence-electron chi connectivity index (χ0n) is 10.8. The van der Waals surface area contributed by atoms with E-state index in [9.17, 15) is 13.2 Å². The number of halogens is 3. The van der Waals surface area contributed by atoms with Crippen molar-refractivity contribution < 1.29 is 13.2 Å². The van der Waals surface area contributed by atoms with Crippen LogP contribution in [0.2, 0.25) is 0 Å². The van der Waals surface area contributed by atoms with Crippen molar-refractivity contribution in [2.75, 3.05) is 7.05 Å². The zero-order chi connectivity index (χ0) is 13.6. The molecule has 0 spiro atoms. The third-order valence-corrected chi connectivity index (χ3v) is 3.09. The Kier molecular flexibility index (Phi) is 5.66. The molecule has 1 aromatic rings. The molecule has 1 unspecified atom stereocenters. The molecule has 0 saturated heterocycles. The van der Waals surface area contributed by atoms with E-state index in [4.69, 9.17) is 0 Å². The van der Waals surface area contributed by atoms with Gasteiger partial charge in [0.1, 0.15) is 0 Å². The van der Waals surface area contributed by atoms with Crippen LogP contribution in [0.1, 0.15) is 43.4 Å². The lowest BCUT2D eigenvalue weighted by atomic mass is 9.99. The highest BCUT2D eigenvalue weighted by molar-refractivity contribution is 5.24. The average molecular weight is 259 g/mol. The van der Waals surface area contributed by atoms with Gasteiger partial charge in [-0.2, -0.15) is 13.2 Å². The second kappa shape index (κ2) is 6.78. The zero-order valence-corrected chi connectivity index (χ0v) is 10.8. The molecule has 0 aliphatic heterocycles. The fourth-order valence-electron chi connectivity index (χ4n) is 1.97. The lowest BCUT2D eigenvalue weighted by molar-refractivity contribution is -0.135. The minimum absolute atomic E-state index is 0.00161. The Morgan fingerprint density at radius 2 is 1.78 bits per heavy atom. The van der Waals surface area contributed by atoms with E-state index in [0.717, 1.165) is 12.0 Å². The largest absolute Gasteiger partial charge is 0.389 e. The maximum Gasteiger partial charge on any atom is 0.389 e. The lowest BCUT2D eigenvalue weighted by Crippen LogP contribution is -2.17. The van der Waals surface area contributed by atoms with E-state index in [1.54, 1.807) is 7.05 Å². The monoisotopic (exact) mass is 259 g/mol. The van der Waals surface area contributed by atoms with Crippen molar-refractivity contribution in [1.82, 2.24) is 5.32 Å². The van der Waals surface area contributed by atoms with E-state index in [1.807, 2.05) is 24.3 Å². The molecule has 0 aromatic heterocycles. The molecule has 4 heteroatoms. The van der Waals surface area contributed by atoms with Gasteiger partial charge < -0.3 is 5.32 Å². The quantitative estimate of drug-likeness (QED) is 0.805. The van der Waals surface area contributed by atoms with Crippen LogP contribution in [0, 0.1) is 0 Å². The van der Waals surface area contributed by atoms with Gasteiger partial charge in [0.2, 0.25) is 0 Å². The van der Waals surface area contributed by atoms with Crippen molar-refractivity contribution in [1.29, 1.82) is 0 Å². The van der Waals surface area contributed by atoms with Gasteiger partial charge in [-0.15, -0.1) is 0 Å². The summed E-state index contributed by atoms with van der Waals surface area (Å²) in [4.78, 5) is 0. The van der Waals surface area contributed by atoms with Gasteiger partial charge >= 0.3 is 6.18 Å². The predicted octanol–water partition coefficient (Wildman–Crippen LogP) is 4.24. The molecule has 0 fully saturated rings. The molecule has 18 heavy (non-hydrogen) atoms. The number of benzene rings is 1. The molecule has 1 N–H and O–H groups in total. The third-order valence-electron chi connectivity index (χ3n) is 3.09. The average Bonchev–Trinajstić information content (AvgIpc) is 2.34. The van der Waals surface area contributed by atoms with E-state index >= 15 is 0 Å². The smallest absolute Gasteiger partial charge is 0.313 e. The Bertz CT molecular complexity index is 343. The van der Waals surface area contributed by atoms with Crippen LogP contribution in [-0.2, 0) is 6.42 Å². The number of alkyl halides is 3. The standard InChI is InChI=1S/C14H20F3N/c1-3-11-6-8-12(9-7-11)13(18-2)5-4-10-14(15,16)17/h6-9,13,18H,3-5,10H2,1-2H3. The molecule has 1 aromatic carbocycles. The van der Waals surface area contributed by atoms with Crippen LogP contribution in [0.15, 0.2) is 24.3 Å². The van der Waals surface area contributed by atoms with Crippen molar-refractivity contribution >= 4 is 0 Å².